The molecule has 0 atom stereocenters. The molecule has 0 unspecified atom stereocenters. The van der Waals surface area contributed by atoms with Crippen molar-refractivity contribution >= 4 is 56.2 Å². The fourth-order valence-electron chi connectivity index (χ4n) is 2.43. The van der Waals surface area contributed by atoms with Crippen LogP contribution < -0.4 is 10.0 Å². The molecule has 1 heterocycles. The third-order valence-electron chi connectivity index (χ3n) is 3.79. The van der Waals surface area contributed by atoms with E-state index in [1.807, 2.05) is 17.5 Å². The summed E-state index contributed by atoms with van der Waals surface area (Å²) in [6, 6.07) is 14.7. The highest BCUT2D eigenvalue weighted by molar-refractivity contribution is 7.92. The van der Waals surface area contributed by atoms with E-state index in [0.29, 0.717) is 12.2 Å². The second-order valence-corrected chi connectivity index (χ2v) is 9.44. The van der Waals surface area contributed by atoms with Crippen LogP contribution in [0.25, 0.3) is 0 Å². The number of carbonyl (C=O) groups is 1. The molecule has 0 fully saturated rings. The Morgan fingerprint density at radius 2 is 1.79 bits per heavy atom. The van der Waals surface area contributed by atoms with Gasteiger partial charge in [-0.3, -0.25) is 9.52 Å². The number of hydrogen-bond acceptors (Lipinski definition) is 4. The van der Waals surface area contributed by atoms with Crippen molar-refractivity contribution in [3.63, 3.8) is 0 Å². The van der Waals surface area contributed by atoms with Gasteiger partial charge in [0.2, 0.25) is 5.91 Å². The molecule has 3 aromatic rings. The second kappa shape index (κ2) is 8.96. The molecule has 146 valence electrons. The third-order valence-corrected chi connectivity index (χ3v) is 6.77. The molecule has 1 amide bonds. The predicted octanol–water partition coefficient (Wildman–Crippen LogP) is 4.71. The zero-order valence-corrected chi connectivity index (χ0v) is 17.6. The van der Waals surface area contributed by atoms with Crippen LogP contribution in [0.3, 0.4) is 0 Å². The number of sulfonamides is 1. The van der Waals surface area contributed by atoms with Crippen molar-refractivity contribution in [2.24, 2.45) is 0 Å². The number of thiophene rings is 1. The minimum absolute atomic E-state index is 0.0796. The summed E-state index contributed by atoms with van der Waals surface area (Å²) in [6.07, 6.45) is 0.207. The first-order valence-electron chi connectivity index (χ1n) is 8.19. The van der Waals surface area contributed by atoms with Crippen molar-refractivity contribution in [2.75, 3.05) is 4.72 Å². The van der Waals surface area contributed by atoms with Crippen LogP contribution >= 0.6 is 34.5 Å². The van der Waals surface area contributed by atoms with Crippen molar-refractivity contribution in [3.05, 3.63) is 80.5 Å². The molecule has 0 spiro atoms. The largest absolute Gasteiger partial charge is 0.351 e. The molecule has 28 heavy (non-hydrogen) atoms. The lowest BCUT2D eigenvalue weighted by molar-refractivity contribution is -0.120. The number of rotatable bonds is 7. The maximum atomic E-state index is 12.5. The number of benzene rings is 2. The van der Waals surface area contributed by atoms with Crippen LogP contribution in [0.15, 0.2) is 64.9 Å². The van der Waals surface area contributed by atoms with Gasteiger partial charge in [0, 0.05) is 15.6 Å². The lowest BCUT2D eigenvalue weighted by atomic mass is 10.1. The average molecular weight is 455 g/mol. The van der Waals surface area contributed by atoms with E-state index in [-0.39, 0.29) is 27.3 Å². The van der Waals surface area contributed by atoms with Crippen LogP contribution in [0.2, 0.25) is 10.0 Å². The normalized spacial score (nSPS) is 11.2. The molecule has 0 aliphatic carbocycles. The molecule has 1 aromatic heterocycles. The molecular weight excluding hydrogens is 439 g/mol. The van der Waals surface area contributed by atoms with Crippen LogP contribution in [-0.4, -0.2) is 14.3 Å². The Hall–Kier alpha value is -2.06. The predicted molar refractivity (Wildman–Crippen MR) is 114 cm³/mol. The molecule has 3 rings (SSSR count). The van der Waals surface area contributed by atoms with E-state index in [1.165, 1.54) is 18.2 Å². The van der Waals surface area contributed by atoms with Crippen LogP contribution in [0.5, 0.6) is 0 Å². The summed E-state index contributed by atoms with van der Waals surface area (Å²) in [6.45, 7) is 0.495. The van der Waals surface area contributed by atoms with Gasteiger partial charge >= 0.3 is 0 Å². The standard InChI is InChI=1S/C19H16Cl2N2O3S2/c20-14-5-8-17(21)18(11-14)28(25,26)23-15-6-3-13(4-7-15)10-19(24)22-12-16-2-1-9-27-16/h1-9,11,23H,10,12H2,(H,22,24). The first kappa shape index (κ1) is 20.7. The van der Waals surface area contributed by atoms with E-state index >= 15 is 0 Å². The average Bonchev–Trinajstić information content (AvgIpc) is 3.17. The SMILES string of the molecule is O=C(Cc1ccc(NS(=O)(=O)c2cc(Cl)ccc2Cl)cc1)NCc1cccs1. The first-order valence-corrected chi connectivity index (χ1v) is 11.3. The summed E-state index contributed by atoms with van der Waals surface area (Å²) in [5.41, 5.74) is 1.13. The minimum atomic E-state index is -3.88. The zero-order valence-electron chi connectivity index (χ0n) is 14.5. The Labute approximate surface area is 177 Å². The Kier molecular flexibility index (Phi) is 6.61. The maximum Gasteiger partial charge on any atom is 0.263 e. The molecular formula is C19H16Cl2N2O3S2. The van der Waals surface area contributed by atoms with E-state index in [2.05, 4.69) is 10.0 Å². The number of anilines is 1. The van der Waals surface area contributed by atoms with Crippen LogP contribution in [-0.2, 0) is 27.8 Å². The van der Waals surface area contributed by atoms with E-state index in [4.69, 9.17) is 23.2 Å². The van der Waals surface area contributed by atoms with Gasteiger partial charge in [0.05, 0.1) is 18.0 Å². The maximum absolute atomic E-state index is 12.5. The highest BCUT2D eigenvalue weighted by Crippen LogP contribution is 2.27. The zero-order chi connectivity index (χ0) is 20.1. The minimum Gasteiger partial charge on any atom is -0.351 e. The van der Waals surface area contributed by atoms with Crippen molar-refractivity contribution in [3.8, 4) is 0 Å². The molecule has 5 nitrogen and oxygen atoms in total. The van der Waals surface area contributed by atoms with Gasteiger partial charge in [-0.25, -0.2) is 8.42 Å². The number of carbonyl (C=O) groups excluding carboxylic acids is 1. The first-order chi connectivity index (χ1) is 13.3. The fourth-order valence-corrected chi connectivity index (χ4v) is 4.90. The lowest BCUT2D eigenvalue weighted by Gasteiger charge is -2.10. The fraction of sp³-hybridized carbons (Fsp3) is 0.105. The van der Waals surface area contributed by atoms with Gasteiger partial charge in [-0.15, -0.1) is 11.3 Å². The molecule has 0 saturated carbocycles. The summed E-state index contributed by atoms with van der Waals surface area (Å²) >= 11 is 13.4. The number of halogens is 2. The van der Waals surface area contributed by atoms with E-state index in [9.17, 15) is 13.2 Å². The van der Waals surface area contributed by atoms with Gasteiger partial charge in [-0.2, -0.15) is 0 Å². The van der Waals surface area contributed by atoms with Gasteiger partial charge in [-0.1, -0.05) is 41.4 Å². The summed E-state index contributed by atoms with van der Waals surface area (Å²) in [5.74, 6) is -0.104. The van der Waals surface area contributed by atoms with Gasteiger partial charge in [0.25, 0.3) is 10.0 Å². The quantitative estimate of drug-likeness (QED) is 0.542. The van der Waals surface area contributed by atoms with Crippen molar-refractivity contribution < 1.29 is 13.2 Å². The Morgan fingerprint density at radius 3 is 2.46 bits per heavy atom. The van der Waals surface area contributed by atoms with Crippen molar-refractivity contribution in [1.29, 1.82) is 0 Å². The van der Waals surface area contributed by atoms with Gasteiger partial charge in [0.1, 0.15) is 4.90 Å². The second-order valence-electron chi connectivity index (χ2n) is 5.91. The molecule has 2 aromatic carbocycles. The monoisotopic (exact) mass is 454 g/mol. The van der Waals surface area contributed by atoms with Gasteiger partial charge < -0.3 is 5.32 Å². The molecule has 0 aliphatic rings. The topological polar surface area (TPSA) is 75.3 Å². The summed E-state index contributed by atoms with van der Waals surface area (Å²) in [4.78, 5) is 13.0. The lowest BCUT2D eigenvalue weighted by Crippen LogP contribution is -2.24. The van der Waals surface area contributed by atoms with Crippen LogP contribution in [0.1, 0.15) is 10.4 Å². The van der Waals surface area contributed by atoms with Gasteiger partial charge in [-0.05, 0) is 47.3 Å². The molecule has 0 radical (unpaired) electrons. The molecule has 2 N–H and O–H groups in total. The number of amides is 1. The molecule has 0 saturated heterocycles. The Morgan fingerprint density at radius 1 is 1.04 bits per heavy atom. The van der Waals surface area contributed by atoms with E-state index in [1.54, 1.807) is 35.6 Å². The van der Waals surface area contributed by atoms with Crippen LogP contribution in [0.4, 0.5) is 5.69 Å². The van der Waals surface area contributed by atoms with E-state index in [0.717, 1.165) is 10.4 Å². The van der Waals surface area contributed by atoms with Crippen LogP contribution in [0, 0.1) is 0 Å². The summed E-state index contributed by atoms with van der Waals surface area (Å²) in [5, 5.41) is 5.16. The van der Waals surface area contributed by atoms with E-state index < -0.39 is 10.0 Å². The third kappa shape index (κ3) is 5.48. The van der Waals surface area contributed by atoms with Crippen molar-refractivity contribution in [2.45, 2.75) is 17.9 Å². The summed E-state index contributed by atoms with van der Waals surface area (Å²) in [7, 11) is -3.88. The van der Waals surface area contributed by atoms with Crippen molar-refractivity contribution in [1.82, 2.24) is 5.32 Å². The number of nitrogens with one attached hydrogen (secondary N) is 2. The summed E-state index contributed by atoms with van der Waals surface area (Å²) < 4.78 is 27.5. The smallest absolute Gasteiger partial charge is 0.263 e. The highest BCUT2D eigenvalue weighted by Gasteiger charge is 2.18. The number of hydrogen-bond donors (Lipinski definition) is 2. The Balaban J connectivity index is 1.62. The molecule has 0 bridgehead atoms. The highest BCUT2D eigenvalue weighted by atomic mass is 35.5. The van der Waals surface area contributed by atoms with Gasteiger partial charge in [0.15, 0.2) is 0 Å². The Bertz CT molecular complexity index is 1070. The molecule has 9 heteroatoms. The molecule has 0 aliphatic heterocycles.